The smallest absolute Gasteiger partial charge is 0.264 e. The van der Waals surface area contributed by atoms with E-state index in [-0.39, 0.29) is 23.4 Å². The minimum atomic E-state index is -4.10. The molecule has 39 heavy (non-hydrogen) atoms. The summed E-state index contributed by atoms with van der Waals surface area (Å²) in [5, 5.41) is 3.52. The SMILES string of the molecule is CC(C(=O)NC1CCCC1)N(Cc1ccccc1Cl)C(=O)CN(c1ccc(Br)cc1)S(=O)(=O)c1ccccc1. The van der Waals surface area contributed by atoms with Gasteiger partial charge in [0, 0.05) is 22.1 Å². The highest BCUT2D eigenvalue weighted by atomic mass is 79.9. The van der Waals surface area contributed by atoms with Crippen LogP contribution in [0.4, 0.5) is 5.69 Å². The Morgan fingerprint density at radius 3 is 2.23 bits per heavy atom. The summed E-state index contributed by atoms with van der Waals surface area (Å²) in [5.41, 5.74) is 0.991. The van der Waals surface area contributed by atoms with Gasteiger partial charge >= 0.3 is 0 Å². The van der Waals surface area contributed by atoms with Gasteiger partial charge in [-0.2, -0.15) is 0 Å². The number of hydrogen-bond donors (Lipinski definition) is 1. The number of hydrogen-bond acceptors (Lipinski definition) is 4. The summed E-state index contributed by atoms with van der Waals surface area (Å²) in [6.07, 6.45) is 3.93. The van der Waals surface area contributed by atoms with Gasteiger partial charge in [-0.25, -0.2) is 8.42 Å². The molecule has 0 bridgehead atoms. The Bertz CT molecular complexity index is 1400. The quantitative estimate of drug-likeness (QED) is 0.307. The zero-order chi connectivity index (χ0) is 28.0. The number of nitrogens with one attached hydrogen (secondary N) is 1. The van der Waals surface area contributed by atoms with Crippen molar-refractivity contribution in [1.29, 1.82) is 0 Å². The lowest BCUT2D eigenvalue weighted by Crippen LogP contribution is -2.52. The Hall–Kier alpha value is -2.88. The van der Waals surface area contributed by atoms with Crippen LogP contribution in [0.5, 0.6) is 0 Å². The molecule has 4 rings (SSSR count). The number of sulfonamides is 1. The molecule has 1 N–H and O–H groups in total. The Morgan fingerprint density at radius 2 is 1.59 bits per heavy atom. The van der Waals surface area contributed by atoms with Crippen LogP contribution in [0.2, 0.25) is 5.02 Å². The Balaban J connectivity index is 1.68. The summed E-state index contributed by atoms with van der Waals surface area (Å²) in [7, 11) is -4.10. The van der Waals surface area contributed by atoms with E-state index in [0.29, 0.717) is 16.3 Å². The summed E-state index contributed by atoms with van der Waals surface area (Å²) in [6.45, 7) is 1.22. The first-order chi connectivity index (χ1) is 18.7. The molecule has 10 heteroatoms. The second-order valence-corrected chi connectivity index (χ2v) is 12.8. The fourth-order valence-electron chi connectivity index (χ4n) is 4.64. The largest absolute Gasteiger partial charge is 0.352 e. The summed E-state index contributed by atoms with van der Waals surface area (Å²) in [5.74, 6) is -0.796. The lowest BCUT2D eigenvalue weighted by Gasteiger charge is -2.32. The van der Waals surface area contributed by atoms with E-state index < -0.39 is 28.5 Å². The Morgan fingerprint density at radius 1 is 0.974 bits per heavy atom. The minimum Gasteiger partial charge on any atom is -0.352 e. The third-order valence-electron chi connectivity index (χ3n) is 6.89. The number of anilines is 1. The minimum absolute atomic E-state index is 0.0529. The molecule has 1 atom stereocenters. The monoisotopic (exact) mass is 631 g/mol. The van der Waals surface area contributed by atoms with Crippen LogP contribution in [0.15, 0.2) is 88.2 Å². The number of amides is 2. The van der Waals surface area contributed by atoms with E-state index in [1.54, 1.807) is 73.7 Å². The van der Waals surface area contributed by atoms with Gasteiger partial charge in [0.1, 0.15) is 12.6 Å². The molecular weight excluding hydrogens is 602 g/mol. The summed E-state index contributed by atoms with van der Waals surface area (Å²) in [4.78, 5) is 28.7. The van der Waals surface area contributed by atoms with Crippen molar-refractivity contribution in [3.05, 3.63) is 93.9 Å². The lowest BCUT2D eigenvalue weighted by atomic mass is 10.1. The van der Waals surface area contributed by atoms with Gasteiger partial charge in [0.05, 0.1) is 10.6 Å². The van der Waals surface area contributed by atoms with Crippen molar-refractivity contribution >= 4 is 55.1 Å². The number of benzene rings is 3. The van der Waals surface area contributed by atoms with Crippen molar-refractivity contribution in [1.82, 2.24) is 10.2 Å². The zero-order valence-electron chi connectivity index (χ0n) is 21.6. The lowest BCUT2D eigenvalue weighted by molar-refractivity contribution is -0.139. The number of nitrogens with zero attached hydrogens (tertiary/aromatic N) is 2. The van der Waals surface area contributed by atoms with Crippen LogP contribution in [0.1, 0.15) is 38.2 Å². The predicted octanol–water partition coefficient (Wildman–Crippen LogP) is 5.77. The molecule has 7 nitrogen and oxygen atoms in total. The van der Waals surface area contributed by atoms with Crippen molar-refractivity contribution in [2.24, 2.45) is 0 Å². The van der Waals surface area contributed by atoms with E-state index >= 15 is 0 Å². The van der Waals surface area contributed by atoms with Gasteiger partial charge in [0.15, 0.2) is 0 Å². The molecular formula is C29H31BrClN3O4S. The highest BCUT2D eigenvalue weighted by Gasteiger charge is 2.33. The number of carbonyl (C=O) groups is 2. The van der Waals surface area contributed by atoms with Gasteiger partial charge in [0.2, 0.25) is 11.8 Å². The molecule has 3 aromatic carbocycles. The van der Waals surface area contributed by atoms with Crippen molar-refractivity contribution < 1.29 is 18.0 Å². The zero-order valence-corrected chi connectivity index (χ0v) is 24.8. The molecule has 3 aromatic rings. The number of halogens is 2. The van der Waals surface area contributed by atoms with E-state index in [0.717, 1.165) is 34.5 Å². The van der Waals surface area contributed by atoms with E-state index in [2.05, 4.69) is 21.2 Å². The highest BCUT2D eigenvalue weighted by Crippen LogP contribution is 2.27. The van der Waals surface area contributed by atoms with Crippen molar-refractivity contribution in [3.63, 3.8) is 0 Å². The van der Waals surface area contributed by atoms with Crippen molar-refractivity contribution in [2.45, 2.75) is 56.1 Å². The van der Waals surface area contributed by atoms with Crippen LogP contribution >= 0.6 is 27.5 Å². The van der Waals surface area contributed by atoms with Crippen LogP contribution in [0.3, 0.4) is 0 Å². The molecule has 1 saturated carbocycles. The van der Waals surface area contributed by atoms with Gasteiger partial charge in [0.25, 0.3) is 10.0 Å². The van der Waals surface area contributed by atoms with E-state index in [1.807, 2.05) is 0 Å². The maximum absolute atomic E-state index is 14.0. The second kappa shape index (κ2) is 13.0. The van der Waals surface area contributed by atoms with Crippen LogP contribution in [-0.4, -0.2) is 43.8 Å². The first-order valence-corrected chi connectivity index (χ1v) is 15.4. The fraction of sp³-hybridized carbons (Fsp3) is 0.310. The summed E-state index contributed by atoms with van der Waals surface area (Å²) >= 11 is 9.79. The number of rotatable bonds is 10. The third-order valence-corrected chi connectivity index (χ3v) is 9.58. The highest BCUT2D eigenvalue weighted by molar-refractivity contribution is 9.10. The standard InChI is InChI=1S/C29H31BrClN3O4S/c1-21(29(36)32-24-10-6-7-11-24)33(19-22-9-5-8-14-27(22)31)28(35)20-34(25-17-15-23(30)16-18-25)39(37,38)26-12-3-2-4-13-26/h2-5,8-9,12-18,21,24H,6-7,10-11,19-20H2,1H3,(H,32,36). The maximum Gasteiger partial charge on any atom is 0.264 e. The average Bonchev–Trinajstić information content (AvgIpc) is 3.45. The van der Waals surface area contributed by atoms with E-state index in [9.17, 15) is 18.0 Å². The molecule has 0 heterocycles. The topological polar surface area (TPSA) is 86.8 Å². The Labute approximate surface area is 243 Å². The Kier molecular flexibility index (Phi) is 9.69. The third kappa shape index (κ3) is 7.21. The first kappa shape index (κ1) is 29.1. The molecule has 2 amide bonds. The molecule has 206 valence electrons. The fourth-order valence-corrected chi connectivity index (χ4v) is 6.54. The summed E-state index contributed by atoms with van der Waals surface area (Å²) < 4.78 is 29.4. The molecule has 1 aliphatic carbocycles. The molecule has 1 fully saturated rings. The maximum atomic E-state index is 14.0. The van der Waals surface area contributed by atoms with E-state index in [1.165, 1.54) is 17.0 Å². The molecule has 0 aliphatic heterocycles. The molecule has 0 saturated heterocycles. The average molecular weight is 633 g/mol. The second-order valence-electron chi connectivity index (χ2n) is 9.58. The van der Waals surface area contributed by atoms with Gasteiger partial charge < -0.3 is 10.2 Å². The van der Waals surface area contributed by atoms with Gasteiger partial charge in [-0.05, 0) is 67.8 Å². The predicted molar refractivity (Wildman–Crippen MR) is 157 cm³/mol. The van der Waals surface area contributed by atoms with Gasteiger partial charge in [-0.1, -0.05) is 76.8 Å². The number of carbonyl (C=O) groups excluding carboxylic acids is 2. The molecule has 1 unspecified atom stereocenters. The molecule has 0 radical (unpaired) electrons. The van der Waals surface area contributed by atoms with Crippen molar-refractivity contribution in [3.8, 4) is 0 Å². The molecule has 1 aliphatic rings. The first-order valence-electron chi connectivity index (χ1n) is 12.8. The molecule has 0 spiro atoms. The molecule has 0 aromatic heterocycles. The van der Waals surface area contributed by atoms with Crippen LogP contribution < -0.4 is 9.62 Å². The van der Waals surface area contributed by atoms with E-state index in [4.69, 9.17) is 11.6 Å². The van der Waals surface area contributed by atoms with Crippen LogP contribution in [-0.2, 0) is 26.2 Å². The van der Waals surface area contributed by atoms with Crippen molar-refractivity contribution in [2.75, 3.05) is 10.8 Å². The van der Waals surface area contributed by atoms with Crippen LogP contribution in [0.25, 0.3) is 0 Å². The van der Waals surface area contributed by atoms with Crippen LogP contribution in [0, 0.1) is 0 Å². The normalized spacial score (nSPS) is 14.5. The van der Waals surface area contributed by atoms with Gasteiger partial charge in [-0.3, -0.25) is 13.9 Å². The van der Waals surface area contributed by atoms with Gasteiger partial charge in [-0.15, -0.1) is 0 Å². The summed E-state index contributed by atoms with van der Waals surface area (Å²) in [6, 6.07) is 21.0.